The SMILES string of the molecule is COC(=O)C(C)CN(C)S(=O)(=O)c1cc(F)ccc1N. The highest BCUT2D eigenvalue weighted by Gasteiger charge is 2.27. The van der Waals surface area contributed by atoms with Crippen molar-refractivity contribution in [3.8, 4) is 0 Å². The van der Waals surface area contributed by atoms with Crippen LogP contribution in [0, 0.1) is 11.7 Å². The summed E-state index contributed by atoms with van der Waals surface area (Å²) in [6.07, 6.45) is 0. The number of methoxy groups -OCH3 is 1. The first-order valence-electron chi connectivity index (χ1n) is 5.79. The lowest BCUT2D eigenvalue weighted by Crippen LogP contribution is -2.34. The number of esters is 1. The molecule has 112 valence electrons. The largest absolute Gasteiger partial charge is 0.469 e. The summed E-state index contributed by atoms with van der Waals surface area (Å²) in [6, 6.07) is 3.11. The fraction of sp³-hybridized carbons (Fsp3) is 0.417. The summed E-state index contributed by atoms with van der Waals surface area (Å²) < 4.78 is 43.2. The van der Waals surface area contributed by atoms with Gasteiger partial charge in [-0.05, 0) is 18.2 Å². The van der Waals surface area contributed by atoms with Crippen molar-refractivity contribution in [2.75, 3.05) is 26.4 Å². The summed E-state index contributed by atoms with van der Waals surface area (Å²) in [5, 5.41) is 0. The van der Waals surface area contributed by atoms with Crippen LogP contribution in [-0.2, 0) is 19.6 Å². The number of hydrogen-bond acceptors (Lipinski definition) is 5. The van der Waals surface area contributed by atoms with Crippen molar-refractivity contribution in [3.63, 3.8) is 0 Å². The second-order valence-electron chi connectivity index (χ2n) is 4.39. The van der Waals surface area contributed by atoms with E-state index in [9.17, 15) is 17.6 Å². The maximum Gasteiger partial charge on any atom is 0.309 e. The lowest BCUT2D eigenvalue weighted by molar-refractivity contribution is -0.144. The third kappa shape index (κ3) is 3.45. The number of sulfonamides is 1. The first kappa shape index (κ1) is 16.4. The molecule has 0 spiro atoms. The summed E-state index contributed by atoms with van der Waals surface area (Å²) in [4.78, 5) is 11.0. The van der Waals surface area contributed by atoms with Gasteiger partial charge in [-0.2, -0.15) is 0 Å². The minimum atomic E-state index is -3.97. The molecule has 0 saturated heterocycles. The van der Waals surface area contributed by atoms with Gasteiger partial charge < -0.3 is 10.5 Å². The van der Waals surface area contributed by atoms with Crippen LogP contribution in [0.15, 0.2) is 23.1 Å². The van der Waals surface area contributed by atoms with Crippen LogP contribution in [-0.4, -0.2) is 39.4 Å². The normalized spacial score (nSPS) is 13.2. The Bertz CT molecular complexity index is 603. The minimum Gasteiger partial charge on any atom is -0.469 e. The molecule has 6 nitrogen and oxygen atoms in total. The van der Waals surface area contributed by atoms with Gasteiger partial charge in [0.25, 0.3) is 0 Å². The number of nitrogens with two attached hydrogens (primary N) is 1. The van der Waals surface area contributed by atoms with Gasteiger partial charge in [-0.1, -0.05) is 6.92 Å². The maximum atomic E-state index is 13.2. The molecule has 0 heterocycles. The van der Waals surface area contributed by atoms with Crippen molar-refractivity contribution in [3.05, 3.63) is 24.0 Å². The molecule has 0 bridgehead atoms. The van der Waals surface area contributed by atoms with Crippen LogP contribution in [0.5, 0.6) is 0 Å². The summed E-state index contributed by atoms with van der Waals surface area (Å²) >= 11 is 0. The van der Waals surface area contributed by atoms with E-state index >= 15 is 0 Å². The van der Waals surface area contributed by atoms with Crippen LogP contribution >= 0.6 is 0 Å². The van der Waals surface area contributed by atoms with Crippen molar-refractivity contribution in [1.29, 1.82) is 0 Å². The molecule has 1 atom stereocenters. The number of carbonyl (C=O) groups excluding carboxylic acids is 1. The van der Waals surface area contributed by atoms with Gasteiger partial charge in [0.05, 0.1) is 18.7 Å². The maximum absolute atomic E-state index is 13.2. The molecule has 0 aromatic heterocycles. The second kappa shape index (κ2) is 6.19. The molecular weight excluding hydrogens is 287 g/mol. The van der Waals surface area contributed by atoms with Gasteiger partial charge >= 0.3 is 5.97 Å². The Labute approximate surface area is 117 Å². The lowest BCUT2D eigenvalue weighted by atomic mass is 10.2. The van der Waals surface area contributed by atoms with E-state index in [2.05, 4.69) is 4.74 Å². The summed E-state index contributed by atoms with van der Waals surface area (Å²) in [5.74, 6) is -1.87. The zero-order chi connectivity index (χ0) is 15.5. The number of anilines is 1. The lowest BCUT2D eigenvalue weighted by Gasteiger charge is -2.20. The van der Waals surface area contributed by atoms with Crippen LogP contribution < -0.4 is 5.73 Å². The highest BCUT2D eigenvalue weighted by Crippen LogP contribution is 2.23. The number of carbonyl (C=O) groups is 1. The third-order valence-electron chi connectivity index (χ3n) is 2.80. The molecule has 0 aliphatic heterocycles. The first-order valence-corrected chi connectivity index (χ1v) is 7.23. The molecule has 1 aromatic carbocycles. The number of nitrogens with zero attached hydrogens (tertiary/aromatic N) is 1. The number of ether oxygens (including phenoxy) is 1. The topological polar surface area (TPSA) is 89.7 Å². The molecular formula is C12H17FN2O4S. The quantitative estimate of drug-likeness (QED) is 0.643. The number of hydrogen-bond donors (Lipinski definition) is 1. The highest BCUT2D eigenvalue weighted by atomic mass is 32.2. The fourth-order valence-electron chi connectivity index (χ4n) is 1.66. The van der Waals surface area contributed by atoms with Crippen LogP contribution in [0.3, 0.4) is 0 Å². The third-order valence-corrected chi connectivity index (χ3v) is 4.68. The molecule has 20 heavy (non-hydrogen) atoms. The van der Waals surface area contributed by atoms with Gasteiger partial charge in [-0.15, -0.1) is 0 Å². The second-order valence-corrected chi connectivity index (χ2v) is 6.41. The molecule has 1 rings (SSSR count). The molecule has 0 saturated carbocycles. The Balaban J connectivity index is 3.04. The van der Waals surface area contributed by atoms with Crippen molar-refractivity contribution in [2.45, 2.75) is 11.8 Å². The predicted molar refractivity (Wildman–Crippen MR) is 71.8 cm³/mol. The zero-order valence-corrected chi connectivity index (χ0v) is 12.3. The van der Waals surface area contributed by atoms with Gasteiger partial charge in [-0.3, -0.25) is 4.79 Å². The van der Waals surface area contributed by atoms with E-state index in [0.29, 0.717) is 0 Å². The predicted octanol–water partition coefficient (Wildman–Crippen LogP) is 0.837. The molecule has 1 unspecified atom stereocenters. The number of rotatable bonds is 5. The Morgan fingerprint density at radius 3 is 2.65 bits per heavy atom. The minimum absolute atomic E-state index is 0.0519. The average Bonchev–Trinajstić information content (AvgIpc) is 2.40. The van der Waals surface area contributed by atoms with E-state index in [1.165, 1.54) is 27.1 Å². The standard InChI is InChI=1S/C12H17FN2O4S/c1-8(12(16)19-3)7-15(2)20(17,18)11-6-9(13)4-5-10(11)14/h4-6,8H,7,14H2,1-3H3. The van der Waals surface area contributed by atoms with Gasteiger partial charge in [0.15, 0.2) is 0 Å². The van der Waals surface area contributed by atoms with E-state index in [0.717, 1.165) is 16.4 Å². The summed E-state index contributed by atoms with van der Waals surface area (Å²) in [7, 11) is -1.46. The van der Waals surface area contributed by atoms with Gasteiger partial charge in [0, 0.05) is 13.6 Å². The van der Waals surface area contributed by atoms with E-state index in [1.54, 1.807) is 0 Å². The van der Waals surface area contributed by atoms with Crippen LogP contribution in [0.4, 0.5) is 10.1 Å². The number of benzene rings is 1. The molecule has 1 aromatic rings. The highest BCUT2D eigenvalue weighted by molar-refractivity contribution is 7.89. The molecule has 8 heteroatoms. The van der Waals surface area contributed by atoms with Crippen LogP contribution in [0.2, 0.25) is 0 Å². The van der Waals surface area contributed by atoms with Crippen LogP contribution in [0.1, 0.15) is 6.92 Å². The fourth-order valence-corrected chi connectivity index (χ4v) is 3.04. The molecule has 0 amide bonds. The summed E-state index contributed by atoms with van der Waals surface area (Å²) in [6.45, 7) is 1.44. The Morgan fingerprint density at radius 1 is 1.50 bits per heavy atom. The Hall–Kier alpha value is -1.67. The van der Waals surface area contributed by atoms with Crippen LogP contribution in [0.25, 0.3) is 0 Å². The van der Waals surface area contributed by atoms with E-state index in [-0.39, 0.29) is 17.1 Å². The van der Waals surface area contributed by atoms with Gasteiger partial charge in [-0.25, -0.2) is 17.1 Å². The van der Waals surface area contributed by atoms with Crippen molar-refractivity contribution >= 4 is 21.7 Å². The Morgan fingerprint density at radius 2 is 2.10 bits per heavy atom. The molecule has 2 N–H and O–H groups in total. The molecule has 0 radical (unpaired) electrons. The average molecular weight is 304 g/mol. The number of halogens is 1. The van der Waals surface area contributed by atoms with Crippen molar-refractivity contribution < 1.29 is 22.3 Å². The van der Waals surface area contributed by atoms with Crippen molar-refractivity contribution in [1.82, 2.24) is 4.31 Å². The van der Waals surface area contributed by atoms with Crippen molar-refractivity contribution in [2.24, 2.45) is 5.92 Å². The first-order chi connectivity index (χ1) is 9.20. The Kier molecular flexibility index (Phi) is 5.07. The van der Waals surface area contributed by atoms with E-state index in [1.807, 2.05) is 0 Å². The molecule has 0 aliphatic rings. The smallest absolute Gasteiger partial charge is 0.309 e. The zero-order valence-electron chi connectivity index (χ0n) is 11.5. The number of nitrogen functional groups attached to an aromatic ring is 1. The molecule has 0 aliphatic carbocycles. The van der Waals surface area contributed by atoms with Gasteiger partial charge in [0.2, 0.25) is 10.0 Å². The summed E-state index contributed by atoms with van der Waals surface area (Å²) in [5.41, 5.74) is 5.51. The molecule has 0 fully saturated rings. The van der Waals surface area contributed by atoms with E-state index < -0.39 is 27.7 Å². The monoisotopic (exact) mass is 304 g/mol. The van der Waals surface area contributed by atoms with Gasteiger partial charge in [0.1, 0.15) is 10.7 Å². The van der Waals surface area contributed by atoms with E-state index in [4.69, 9.17) is 5.73 Å².